The standard InChI is InChI=1S/C28H23NO2/c30-26(12-3-6-18-7-5-13-29-17-18)23-10-4-11-24-27(31)22-15-20-9-2-1-8-19(20)14-21(22)25-16-28(23,24)25/h1-2,4-5,7-11,13-15,17,24-25H,3,6,12,16H2. The number of aromatic nitrogens is 1. The lowest BCUT2D eigenvalue weighted by atomic mass is 9.67. The fraction of sp³-hybridized carbons (Fsp3) is 0.250. The molecule has 3 atom stereocenters. The number of Topliss-reactive ketones (excluding diaryl/α,β-unsaturated/α-hetero) is 2. The second-order valence-electron chi connectivity index (χ2n) is 9.03. The van der Waals surface area contributed by atoms with Gasteiger partial charge in [-0.1, -0.05) is 54.6 Å². The SMILES string of the molecule is O=C(CCCc1cccnc1)C1=CC=CC2C(=O)c3cc4ccccc4cc3C3CC123. The molecule has 2 aromatic carbocycles. The van der Waals surface area contributed by atoms with Crippen LogP contribution in [0, 0.1) is 11.3 Å². The van der Waals surface area contributed by atoms with Crippen LogP contribution < -0.4 is 0 Å². The molecule has 3 aromatic rings. The van der Waals surface area contributed by atoms with Crippen molar-refractivity contribution in [3.63, 3.8) is 0 Å². The van der Waals surface area contributed by atoms with E-state index < -0.39 is 0 Å². The zero-order valence-electron chi connectivity index (χ0n) is 17.3. The van der Waals surface area contributed by atoms with E-state index in [1.165, 1.54) is 0 Å². The molecule has 31 heavy (non-hydrogen) atoms. The molecule has 0 saturated heterocycles. The average Bonchev–Trinajstić information content (AvgIpc) is 3.54. The van der Waals surface area contributed by atoms with Crippen molar-refractivity contribution in [3.8, 4) is 0 Å². The lowest BCUT2D eigenvalue weighted by Crippen LogP contribution is -2.35. The molecule has 1 spiro atoms. The number of carbonyl (C=O) groups excluding carboxylic acids is 2. The van der Waals surface area contributed by atoms with E-state index >= 15 is 0 Å². The first-order valence-electron chi connectivity index (χ1n) is 11.1. The van der Waals surface area contributed by atoms with Crippen LogP contribution in [-0.4, -0.2) is 16.6 Å². The number of fused-ring (bicyclic) bond motifs is 3. The molecule has 3 nitrogen and oxygen atoms in total. The molecule has 0 aliphatic heterocycles. The topological polar surface area (TPSA) is 47.0 Å². The number of pyridine rings is 1. The van der Waals surface area contributed by atoms with Gasteiger partial charge in [0.2, 0.25) is 0 Å². The number of hydrogen-bond donors (Lipinski definition) is 0. The van der Waals surface area contributed by atoms with Gasteiger partial charge in [0.05, 0.1) is 5.92 Å². The van der Waals surface area contributed by atoms with Crippen LogP contribution in [0.25, 0.3) is 10.8 Å². The molecule has 0 amide bonds. The van der Waals surface area contributed by atoms with E-state index in [1.54, 1.807) is 6.20 Å². The summed E-state index contributed by atoms with van der Waals surface area (Å²) in [4.78, 5) is 30.9. The van der Waals surface area contributed by atoms with E-state index in [-0.39, 0.29) is 28.8 Å². The van der Waals surface area contributed by atoms with Gasteiger partial charge in [-0.3, -0.25) is 14.6 Å². The largest absolute Gasteiger partial charge is 0.295 e. The van der Waals surface area contributed by atoms with Crippen LogP contribution in [-0.2, 0) is 11.2 Å². The lowest BCUT2D eigenvalue weighted by Gasteiger charge is -2.34. The van der Waals surface area contributed by atoms with E-state index in [4.69, 9.17) is 0 Å². The molecule has 1 fully saturated rings. The number of aryl methyl sites for hydroxylation is 1. The van der Waals surface area contributed by atoms with Crippen LogP contribution in [0.15, 0.2) is 84.7 Å². The minimum atomic E-state index is -0.327. The number of rotatable bonds is 5. The van der Waals surface area contributed by atoms with Crippen molar-refractivity contribution in [2.24, 2.45) is 11.3 Å². The molecule has 6 rings (SSSR count). The molecule has 3 heteroatoms. The fourth-order valence-corrected chi connectivity index (χ4v) is 5.80. The third kappa shape index (κ3) is 2.76. The Hall–Kier alpha value is -3.33. The van der Waals surface area contributed by atoms with Gasteiger partial charge in [0.1, 0.15) is 0 Å². The van der Waals surface area contributed by atoms with Gasteiger partial charge in [0.15, 0.2) is 11.6 Å². The molecule has 152 valence electrons. The summed E-state index contributed by atoms with van der Waals surface area (Å²) in [6.07, 6.45) is 12.6. The molecule has 3 unspecified atom stereocenters. The Balaban J connectivity index is 1.30. The zero-order chi connectivity index (χ0) is 21.0. The van der Waals surface area contributed by atoms with Crippen molar-refractivity contribution in [3.05, 3.63) is 101 Å². The predicted octanol–water partition coefficient (Wildman–Crippen LogP) is 5.61. The summed E-state index contributed by atoms with van der Waals surface area (Å²) in [5, 5.41) is 2.26. The molecule has 1 aromatic heterocycles. The van der Waals surface area contributed by atoms with Gasteiger partial charge in [0.25, 0.3) is 0 Å². The average molecular weight is 405 g/mol. The highest BCUT2D eigenvalue weighted by Gasteiger charge is 2.67. The summed E-state index contributed by atoms with van der Waals surface area (Å²) in [5.74, 6) is 0.402. The number of nitrogens with zero attached hydrogens (tertiary/aromatic N) is 1. The second-order valence-corrected chi connectivity index (χ2v) is 9.03. The van der Waals surface area contributed by atoms with Crippen LogP contribution in [0.1, 0.15) is 46.7 Å². The summed E-state index contributed by atoms with van der Waals surface area (Å²) in [7, 11) is 0. The molecule has 3 aliphatic carbocycles. The second kappa shape index (κ2) is 6.84. The molecule has 0 bridgehead atoms. The van der Waals surface area contributed by atoms with E-state index in [0.717, 1.165) is 52.3 Å². The molecule has 0 radical (unpaired) electrons. The third-order valence-corrected chi connectivity index (χ3v) is 7.36. The van der Waals surface area contributed by atoms with E-state index in [0.29, 0.717) is 6.42 Å². The summed E-state index contributed by atoms with van der Waals surface area (Å²) in [6, 6.07) is 16.4. The van der Waals surface area contributed by atoms with Crippen LogP contribution >= 0.6 is 0 Å². The predicted molar refractivity (Wildman–Crippen MR) is 121 cm³/mol. The first-order valence-corrected chi connectivity index (χ1v) is 11.1. The van der Waals surface area contributed by atoms with Crippen molar-refractivity contribution >= 4 is 22.3 Å². The normalized spacial score (nSPS) is 25.4. The Morgan fingerprint density at radius 1 is 1.10 bits per heavy atom. The Morgan fingerprint density at radius 2 is 1.94 bits per heavy atom. The fourth-order valence-electron chi connectivity index (χ4n) is 5.80. The van der Waals surface area contributed by atoms with E-state index in [1.807, 2.05) is 48.7 Å². The highest BCUT2D eigenvalue weighted by Crippen LogP contribution is 2.72. The monoisotopic (exact) mass is 405 g/mol. The summed E-state index contributed by atoms with van der Waals surface area (Å²) in [6.45, 7) is 0. The Bertz CT molecular complexity index is 1290. The highest BCUT2D eigenvalue weighted by molar-refractivity contribution is 6.09. The molecule has 1 saturated carbocycles. The van der Waals surface area contributed by atoms with Gasteiger partial charge < -0.3 is 0 Å². The van der Waals surface area contributed by atoms with Crippen LogP contribution in [0.4, 0.5) is 0 Å². The molecule has 1 heterocycles. The van der Waals surface area contributed by atoms with Crippen molar-refractivity contribution in [2.75, 3.05) is 0 Å². The lowest BCUT2D eigenvalue weighted by molar-refractivity contribution is -0.116. The number of carbonyl (C=O) groups is 2. The molecular weight excluding hydrogens is 382 g/mol. The highest BCUT2D eigenvalue weighted by atomic mass is 16.1. The van der Waals surface area contributed by atoms with Gasteiger partial charge in [-0.2, -0.15) is 0 Å². The maximum atomic E-state index is 13.5. The van der Waals surface area contributed by atoms with Crippen molar-refractivity contribution in [2.45, 2.75) is 31.6 Å². The quantitative estimate of drug-likeness (QED) is 0.554. The summed E-state index contributed by atoms with van der Waals surface area (Å²) < 4.78 is 0. The van der Waals surface area contributed by atoms with E-state index in [9.17, 15) is 9.59 Å². The Labute approximate surface area is 181 Å². The van der Waals surface area contributed by atoms with Gasteiger partial charge in [0, 0.05) is 35.4 Å². The van der Waals surface area contributed by atoms with Gasteiger partial charge in [-0.15, -0.1) is 0 Å². The first-order chi connectivity index (χ1) is 15.2. The molecule has 0 N–H and O–H groups in total. The number of benzene rings is 2. The van der Waals surface area contributed by atoms with Gasteiger partial charge >= 0.3 is 0 Å². The van der Waals surface area contributed by atoms with Crippen LogP contribution in [0.5, 0.6) is 0 Å². The minimum absolute atomic E-state index is 0.166. The Morgan fingerprint density at radius 3 is 2.74 bits per heavy atom. The zero-order valence-corrected chi connectivity index (χ0v) is 17.3. The van der Waals surface area contributed by atoms with Gasteiger partial charge in [-0.25, -0.2) is 0 Å². The maximum Gasteiger partial charge on any atom is 0.170 e. The molecule has 3 aliphatic rings. The van der Waals surface area contributed by atoms with Crippen molar-refractivity contribution in [1.82, 2.24) is 4.98 Å². The van der Waals surface area contributed by atoms with Crippen molar-refractivity contribution in [1.29, 1.82) is 0 Å². The van der Waals surface area contributed by atoms with E-state index in [2.05, 4.69) is 29.2 Å². The summed E-state index contributed by atoms with van der Waals surface area (Å²) in [5.41, 5.74) is 3.67. The van der Waals surface area contributed by atoms with Crippen molar-refractivity contribution < 1.29 is 9.59 Å². The maximum absolute atomic E-state index is 13.5. The van der Waals surface area contributed by atoms with Gasteiger partial charge in [-0.05, 0) is 59.2 Å². The smallest absolute Gasteiger partial charge is 0.170 e. The van der Waals surface area contributed by atoms with Crippen LogP contribution in [0.3, 0.4) is 0 Å². The minimum Gasteiger partial charge on any atom is -0.295 e. The first kappa shape index (κ1) is 18.4. The Kier molecular flexibility index (Phi) is 4.07. The molecular formula is C28H23NO2. The number of allylic oxidation sites excluding steroid dienone is 4. The summed E-state index contributed by atoms with van der Waals surface area (Å²) >= 11 is 0. The number of hydrogen-bond acceptors (Lipinski definition) is 3. The number of ketones is 2. The third-order valence-electron chi connectivity index (χ3n) is 7.36. The van der Waals surface area contributed by atoms with Crippen LogP contribution in [0.2, 0.25) is 0 Å².